The quantitative estimate of drug-likeness (QED) is 0.108. The van der Waals surface area contributed by atoms with E-state index in [1.807, 2.05) is 0 Å². The molecule has 0 amide bonds. The van der Waals surface area contributed by atoms with E-state index in [0.29, 0.717) is 0 Å². The smallest absolute Gasteiger partial charge is 0.0713 e. The minimum Gasteiger partial charge on any atom is -0.309 e. The van der Waals surface area contributed by atoms with Crippen molar-refractivity contribution in [3.05, 3.63) is 408 Å². The zero-order chi connectivity index (χ0) is 65.4. The maximum atomic E-state index is 2.46. The summed E-state index contributed by atoms with van der Waals surface area (Å²) in [5.74, 6) is 0. The third-order valence-electron chi connectivity index (χ3n) is 20.8. The molecule has 1 aliphatic rings. The molecule has 2 aromatic heterocycles. The van der Waals surface area contributed by atoms with E-state index in [1.54, 1.807) is 0 Å². The van der Waals surface area contributed by atoms with Crippen molar-refractivity contribution < 1.29 is 0 Å². The molecular weight excluding hydrogens is 1190 g/mol. The van der Waals surface area contributed by atoms with Gasteiger partial charge in [0.05, 0.1) is 38.9 Å². The van der Waals surface area contributed by atoms with E-state index >= 15 is 0 Å². The summed E-state index contributed by atoms with van der Waals surface area (Å²) in [7, 11) is 0. The highest BCUT2D eigenvalue weighted by molar-refractivity contribution is 6.13. The first-order valence-electron chi connectivity index (χ1n) is 34.3. The van der Waals surface area contributed by atoms with Gasteiger partial charge in [0.1, 0.15) is 0 Å². The Morgan fingerprint density at radius 1 is 0.202 bits per heavy atom. The number of benzene rings is 16. The van der Waals surface area contributed by atoms with Gasteiger partial charge >= 0.3 is 0 Å². The lowest BCUT2D eigenvalue weighted by molar-refractivity contribution is 0.769. The third-order valence-corrected chi connectivity index (χ3v) is 20.8. The second kappa shape index (κ2) is 23.8. The number of rotatable bonds is 12. The number of para-hydroxylation sites is 2. The first kappa shape index (κ1) is 57.6. The molecule has 2 heterocycles. The summed E-state index contributed by atoms with van der Waals surface area (Å²) in [6, 6.07) is 134. The Kier molecular flexibility index (Phi) is 13.8. The maximum absolute atomic E-state index is 2.46. The number of aromatic nitrogens is 2. The summed E-state index contributed by atoms with van der Waals surface area (Å²) in [6.07, 6.45) is 8.88. The topological polar surface area (TPSA) is 9.86 Å². The molecule has 2 nitrogen and oxygen atoms in total. The van der Waals surface area contributed by atoms with E-state index < -0.39 is 5.41 Å². The molecule has 0 unspecified atom stereocenters. The standard InChI is InChI=1S/C97H64N2/c1-3-21-79(22-4-1)97(80-23-5-2-6-24-80)89-63-77(71-49-41-67(42-50-71)35-33-65-37-45-69(46-38-65)75-55-59-95-87(61-75)85-27-11-13-29-93(85)98(95)91-31-15-19-73-17-7-9-25-81(73)91)53-57-83(89)84-58-54-78(64-90(84)97)72-51-43-68(44-52-72)36-34-66-39-47-70(48-40-66)76-56-60-96-88(62-76)86-28-12-14-30-94(86)99(96)92-32-16-20-74-18-8-10-26-82(74)92/h1-64H. The zero-order valence-corrected chi connectivity index (χ0v) is 54.3. The van der Waals surface area contributed by atoms with E-state index in [0.717, 1.165) is 22.3 Å². The van der Waals surface area contributed by atoms with Crippen LogP contribution in [0.2, 0.25) is 0 Å². The van der Waals surface area contributed by atoms with Crippen LogP contribution in [-0.4, -0.2) is 9.13 Å². The highest BCUT2D eigenvalue weighted by atomic mass is 15.0. The Balaban J connectivity index is 0.577. The van der Waals surface area contributed by atoms with Gasteiger partial charge in [0.2, 0.25) is 0 Å². The molecule has 0 spiro atoms. The first-order valence-corrected chi connectivity index (χ1v) is 34.3. The van der Waals surface area contributed by atoms with Crippen molar-refractivity contribution in [3.63, 3.8) is 0 Å². The lowest BCUT2D eigenvalue weighted by atomic mass is 9.67. The van der Waals surface area contributed by atoms with Crippen LogP contribution in [-0.2, 0) is 5.41 Å². The van der Waals surface area contributed by atoms with Gasteiger partial charge in [0, 0.05) is 32.3 Å². The summed E-state index contributed by atoms with van der Waals surface area (Å²) >= 11 is 0. The molecule has 0 saturated carbocycles. The van der Waals surface area contributed by atoms with Crippen LogP contribution in [0.5, 0.6) is 0 Å². The Hall–Kier alpha value is -12.9. The van der Waals surface area contributed by atoms with Gasteiger partial charge in [0.25, 0.3) is 0 Å². The van der Waals surface area contributed by atoms with Gasteiger partial charge in [-0.2, -0.15) is 0 Å². The van der Waals surface area contributed by atoms with Gasteiger partial charge in [-0.05, 0) is 172 Å². The predicted octanol–water partition coefficient (Wildman–Crippen LogP) is 25.6. The highest BCUT2D eigenvalue weighted by Gasteiger charge is 2.46. The van der Waals surface area contributed by atoms with Gasteiger partial charge in [-0.15, -0.1) is 0 Å². The van der Waals surface area contributed by atoms with Crippen LogP contribution in [0.25, 0.3) is 156 Å². The third kappa shape index (κ3) is 9.79. The zero-order valence-electron chi connectivity index (χ0n) is 54.3. The van der Waals surface area contributed by atoms with E-state index in [1.165, 1.54) is 154 Å². The largest absolute Gasteiger partial charge is 0.309 e. The van der Waals surface area contributed by atoms with Gasteiger partial charge in [-0.1, -0.05) is 328 Å². The Morgan fingerprint density at radius 2 is 0.495 bits per heavy atom. The molecule has 0 radical (unpaired) electrons. The maximum Gasteiger partial charge on any atom is 0.0713 e. The lowest BCUT2D eigenvalue weighted by Crippen LogP contribution is -2.28. The number of nitrogens with zero attached hydrogens (tertiary/aromatic N) is 2. The Bertz CT molecular complexity index is 5830. The molecule has 2 heteroatoms. The number of hydrogen-bond acceptors (Lipinski definition) is 0. The minimum absolute atomic E-state index is 0.563. The molecule has 462 valence electrons. The Morgan fingerprint density at radius 3 is 0.879 bits per heavy atom. The van der Waals surface area contributed by atoms with Crippen molar-refractivity contribution in [1.29, 1.82) is 0 Å². The van der Waals surface area contributed by atoms with Crippen LogP contribution in [0.4, 0.5) is 0 Å². The molecule has 19 rings (SSSR count). The molecule has 0 N–H and O–H groups in total. The molecule has 16 aromatic carbocycles. The van der Waals surface area contributed by atoms with Crippen molar-refractivity contribution in [2.75, 3.05) is 0 Å². The van der Waals surface area contributed by atoms with Crippen LogP contribution < -0.4 is 0 Å². The van der Waals surface area contributed by atoms with Crippen LogP contribution in [0.1, 0.15) is 44.5 Å². The van der Waals surface area contributed by atoms with E-state index in [4.69, 9.17) is 0 Å². The van der Waals surface area contributed by atoms with Gasteiger partial charge in [-0.3, -0.25) is 0 Å². The average molecular weight is 1260 g/mol. The minimum atomic E-state index is -0.563. The predicted molar refractivity (Wildman–Crippen MR) is 420 cm³/mol. The highest BCUT2D eigenvalue weighted by Crippen LogP contribution is 2.58. The van der Waals surface area contributed by atoms with E-state index in [-0.39, 0.29) is 0 Å². The summed E-state index contributed by atoms with van der Waals surface area (Å²) < 4.78 is 4.85. The van der Waals surface area contributed by atoms with Crippen LogP contribution in [0.3, 0.4) is 0 Å². The fourth-order valence-corrected chi connectivity index (χ4v) is 16.0. The monoisotopic (exact) mass is 1260 g/mol. The second-order valence-electron chi connectivity index (χ2n) is 26.3. The molecule has 0 aliphatic heterocycles. The van der Waals surface area contributed by atoms with Gasteiger partial charge < -0.3 is 9.13 Å². The fraction of sp³-hybridized carbons (Fsp3) is 0.0103. The molecule has 18 aromatic rings. The SMILES string of the molecule is C(=Cc1ccc(-c2ccc3c(c2)c2ccccc2n3-c2cccc3ccccc23)cc1)c1ccc(-c2ccc3c(c2)C(c2ccccc2)(c2ccccc2)c2cc(-c4ccc(C=Cc5ccc(-c6ccc7c(c6)c6ccccc6n7-c6cccc7ccccc67)cc5)cc4)ccc2-3)cc1. The molecule has 0 saturated heterocycles. The molecule has 0 bridgehead atoms. The number of fused-ring (bicyclic) bond motifs is 11. The van der Waals surface area contributed by atoms with Gasteiger partial charge in [0.15, 0.2) is 0 Å². The molecule has 99 heavy (non-hydrogen) atoms. The van der Waals surface area contributed by atoms with Crippen molar-refractivity contribution in [3.8, 4) is 67.0 Å². The fourth-order valence-electron chi connectivity index (χ4n) is 16.0. The van der Waals surface area contributed by atoms with Gasteiger partial charge in [-0.25, -0.2) is 0 Å². The molecule has 0 atom stereocenters. The lowest BCUT2D eigenvalue weighted by Gasteiger charge is -2.34. The average Bonchev–Trinajstić information content (AvgIpc) is 1.56. The Labute approximate surface area is 575 Å². The molecule has 1 aliphatic carbocycles. The van der Waals surface area contributed by atoms with E-state index in [9.17, 15) is 0 Å². The second-order valence-corrected chi connectivity index (χ2v) is 26.3. The van der Waals surface area contributed by atoms with Crippen molar-refractivity contribution in [2.24, 2.45) is 0 Å². The van der Waals surface area contributed by atoms with Crippen LogP contribution in [0.15, 0.2) is 364 Å². The van der Waals surface area contributed by atoms with Crippen LogP contribution in [0, 0.1) is 0 Å². The van der Waals surface area contributed by atoms with Crippen molar-refractivity contribution >= 4 is 89.5 Å². The van der Waals surface area contributed by atoms with Crippen molar-refractivity contribution in [1.82, 2.24) is 9.13 Å². The summed E-state index contributed by atoms with van der Waals surface area (Å²) in [6.45, 7) is 0. The summed E-state index contributed by atoms with van der Waals surface area (Å²) in [5.41, 5.74) is 28.4. The van der Waals surface area contributed by atoms with Crippen LogP contribution >= 0.6 is 0 Å². The van der Waals surface area contributed by atoms with E-state index in [2.05, 4.69) is 397 Å². The normalized spacial score (nSPS) is 12.6. The number of hydrogen-bond donors (Lipinski definition) is 0. The molecular formula is C97H64N2. The molecule has 0 fully saturated rings. The summed E-state index contributed by atoms with van der Waals surface area (Å²) in [4.78, 5) is 0. The summed E-state index contributed by atoms with van der Waals surface area (Å²) in [5, 5.41) is 9.98. The van der Waals surface area contributed by atoms with Crippen molar-refractivity contribution in [2.45, 2.75) is 5.41 Å². The first-order chi connectivity index (χ1) is 49.1.